The maximum atomic E-state index is 11.9. The van der Waals surface area contributed by atoms with Crippen LogP contribution in [0.5, 0.6) is 5.75 Å². The van der Waals surface area contributed by atoms with Gasteiger partial charge in [0.2, 0.25) is 0 Å². The number of ether oxygens (including phenoxy) is 1. The third-order valence-electron chi connectivity index (χ3n) is 2.52. The summed E-state index contributed by atoms with van der Waals surface area (Å²) in [5.41, 5.74) is 1.28. The number of nitrogens with zero attached hydrogens (tertiary/aromatic N) is 1. The van der Waals surface area contributed by atoms with E-state index in [0.717, 1.165) is 0 Å². The number of carbonyl (C=O) groups is 1. The van der Waals surface area contributed by atoms with Crippen LogP contribution in [-0.2, 0) is 0 Å². The zero-order valence-electron chi connectivity index (χ0n) is 8.96. The molecule has 0 saturated heterocycles. The van der Waals surface area contributed by atoms with Crippen molar-refractivity contribution in [1.82, 2.24) is 0 Å². The highest BCUT2D eigenvalue weighted by Crippen LogP contribution is 2.27. The Balaban J connectivity index is 2.00. The first-order valence-electron chi connectivity index (χ1n) is 5.30. The van der Waals surface area contributed by atoms with E-state index in [1.54, 1.807) is 12.1 Å². The van der Waals surface area contributed by atoms with Crippen LogP contribution in [0, 0.1) is 0 Å². The Labute approximate surface area is 98.4 Å². The number of carbonyl (C=O) groups excluding carboxylic acids is 1. The van der Waals surface area contributed by atoms with Crippen molar-refractivity contribution in [2.24, 2.45) is 4.99 Å². The van der Waals surface area contributed by atoms with E-state index < -0.39 is 0 Å². The summed E-state index contributed by atoms with van der Waals surface area (Å²) in [6, 6.07) is 16.4. The molecule has 0 bridgehead atoms. The van der Waals surface area contributed by atoms with Crippen LogP contribution in [0.3, 0.4) is 0 Å². The molecule has 1 aliphatic heterocycles. The van der Waals surface area contributed by atoms with Gasteiger partial charge in [0, 0.05) is 0 Å². The van der Waals surface area contributed by atoms with E-state index >= 15 is 0 Å². The summed E-state index contributed by atoms with van der Waals surface area (Å²) in [5, 5.41) is 0. The van der Waals surface area contributed by atoms with Crippen LogP contribution in [0.4, 0.5) is 5.69 Å². The summed E-state index contributed by atoms with van der Waals surface area (Å²) in [5.74, 6) is 0.550. The van der Waals surface area contributed by atoms with Gasteiger partial charge in [0.25, 0.3) is 11.7 Å². The summed E-state index contributed by atoms with van der Waals surface area (Å²) in [7, 11) is 0. The second-order valence-electron chi connectivity index (χ2n) is 3.68. The molecule has 0 aliphatic carbocycles. The highest BCUT2D eigenvalue weighted by atomic mass is 16.5. The Hall–Kier alpha value is -2.42. The normalized spacial score (nSPS) is 15.8. The molecule has 2 aromatic carbocycles. The number of Topliss-reactive ketones (excluding diaryl/α,β-unsaturated/α-hetero) is 1. The van der Waals surface area contributed by atoms with Gasteiger partial charge in [-0.3, -0.25) is 4.79 Å². The van der Waals surface area contributed by atoms with Crippen molar-refractivity contribution in [3.05, 3.63) is 60.2 Å². The quantitative estimate of drug-likeness (QED) is 0.745. The lowest BCUT2D eigenvalue weighted by molar-refractivity contribution is 0.106. The van der Waals surface area contributed by atoms with Crippen molar-refractivity contribution in [1.29, 1.82) is 0 Å². The summed E-state index contributed by atoms with van der Waals surface area (Å²) >= 11 is 0. The van der Waals surface area contributed by atoms with E-state index in [9.17, 15) is 4.79 Å². The molecule has 82 valence electrons. The van der Waals surface area contributed by atoms with Crippen LogP contribution in [0.25, 0.3) is 0 Å². The molecule has 0 fully saturated rings. The number of ketones is 1. The SMILES string of the molecule is O=C1C(=Nc2ccccc2)Oc2ccccc21. The number of benzene rings is 2. The van der Waals surface area contributed by atoms with E-state index in [1.807, 2.05) is 42.5 Å². The van der Waals surface area contributed by atoms with Gasteiger partial charge in [0.15, 0.2) is 0 Å². The van der Waals surface area contributed by atoms with Gasteiger partial charge in [-0.1, -0.05) is 30.3 Å². The van der Waals surface area contributed by atoms with Crippen LogP contribution >= 0.6 is 0 Å². The summed E-state index contributed by atoms with van der Waals surface area (Å²) in [6.07, 6.45) is 0. The van der Waals surface area contributed by atoms with Gasteiger partial charge in [-0.05, 0) is 24.3 Å². The monoisotopic (exact) mass is 223 g/mol. The van der Waals surface area contributed by atoms with E-state index in [0.29, 0.717) is 17.0 Å². The predicted octanol–water partition coefficient (Wildman–Crippen LogP) is 2.99. The Kier molecular flexibility index (Phi) is 2.22. The fourth-order valence-electron chi connectivity index (χ4n) is 1.70. The number of hydrogen-bond donors (Lipinski definition) is 0. The molecule has 0 radical (unpaired) electrons. The number of hydrogen-bond acceptors (Lipinski definition) is 3. The molecular weight excluding hydrogens is 214 g/mol. The lowest BCUT2D eigenvalue weighted by Crippen LogP contribution is -2.11. The topological polar surface area (TPSA) is 38.7 Å². The molecule has 0 spiro atoms. The molecule has 3 rings (SSSR count). The maximum absolute atomic E-state index is 11.9. The fourth-order valence-corrected chi connectivity index (χ4v) is 1.70. The zero-order valence-corrected chi connectivity index (χ0v) is 8.96. The third-order valence-corrected chi connectivity index (χ3v) is 2.52. The largest absolute Gasteiger partial charge is 0.435 e. The molecule has 3 nitrogen and oxygen atoms in total. The van der Waals surface area contributed by atoms with E-state index in [2.05, 4.69) is 4.99 Å². The Morgan fingerprint density at radius 3 is 2.35 bits per heavy atom. The minimum absolute atomic E-state index is 0.136. The Bertz CT molecular complexity index is 603. The molecule has 0 amide bonds. The number of aliphatic imine (C=N–C) groups is 1. The molecule has 0 N–H and O–H groups in total. The Morgan fingerprint density at radius 2 is 1.59 bits per heavy atom. The first kappa shape index (κ1) is 9.78. The number of para-hydroxylation sites is 2. The van der Waals surface area contributed by atoms with Crippen molar-refractivity contribution >= 4 is 17.4 Å². The van der Waals surface area contributed by atoms with Gasteiger partial charge in [-0.15, -0.1) is 0 Å². The highest BCUT2D eigenvalue weighted by molar-refractivity contribution is 6.46. The van der Waals surface area contributed by atoms with Crippen LogP contribution < -0.4 is 4.74 Å². The molecule has 3 heteroatoms. The second-order valence-corrected chi connectivity index (χ2v) is 3.68. The van der Waals surface area contributed by atoms with Crippen molar-refractivity contribution < 1.29 is 9.53 Å². The van der Waals surface area contributed by atoms with E-state index in [1.165, 1.54) is 0 Å². The Morgan fingerprint density at radius 1 is 0.882 bits per heavy atom. The zero-order chi connectivity index (χ0) is 11.7. The van der Waals surface area contributed by atoms with Gasteiger partial charge in [-0.2, -0.15) is 0 Å². The predicted molar refractivity (Wildman–Crippen MR) is 64.9 cm³/mol. The smallest absolute Gasteiger partial charge is 0.269 e. The first-order valence-corrected chi connectivity index (χ1v) is 5.30. The summed E-state index contributed by atoms with van der Waals surface area (Å²) in [6.45, 7) is 0. The maximum Gasteiger partial charge on any atom is 0.269 e. The minimum Gasteiger partial charge on any atom is -0.435 e. The fraction of sp³-hybridized carbons (Fsp3) is 0. The van der Waals surface area contributed by atoms with Crippen molar-refractivity contribution in [2.45, 2.75) is 0 Å². The van der Waals surface area contributed by atoms with Crippen molar-refractivity contribution in [3.63, 3.8) is 0 Å². The van der Waals surface area contributed by atoms with Gasteiger partial charge < -0.3 is 4.74 Å². The number of fused-ring (bicyclic) bond motifs is 1. The highest BCUT2D eigenvalue weighted by Gasteiger charge is 2.28. The van der Waals surface area contributed by atoms with Gasteiger partial charge >= 0.3 is 0 Å². The standard InChI is InChI=1S/C14H9NO2/c16-13-11-8-4-5-9-12(11)17-14(13)15-10-6-2-1-3-7-10/h1-9H. The lowest BCUT2D eigenvalue weighted by Gasteiger charge is -1.96. The van der Waals surface area contributed by atoms with Crippen LogP contribution in [0.1, 0.15) is 10.4 Å². The number of rotatable bonds is 1. The van der Waals surface area contributed by atoms with Crippen LogP contribution in [-0.4, -0.2) is 11.7 Å². The molecular formula is C14H9NO2. The van der Waals surface area contributed by atoms with Gasteiger partial charge in [0.05, 0.1) is 11.3 Å². The molecule has 0 unspecified atom stereocenters. The van der Waals surface area contributed by atoms with E-state index in [4.69, 9.17) is 4.74 Å². The molecule has 0 atom stereocenters. The third kappa shape index (κ3) is 1.72. The molecule has 1 aliphatic rings. The van der Waals surface area contributed by atoms with E-state index in [-0.39, 0.29) is 11.7 Å². The average molecular weight is 223 g/mol. The van der Waals surface area contributed by atoms with Gasteiger partial charge in [-0.25, -0.2) is 4.99 Å². The summed E-state index contributed by atoms with van der Waals surface area (Å²) < 4.78 is 5.42. The molecule has 0 saturated carbocycles. The van der Waals surface area contributed by atoms with Gasteiger partial charge in [0.1, 0.15) is 5.75 Å². The average Bonchev–Trinajstić information content (AvgIpc) is 2.68. The molecule has 17 heavy (non-hydrogen) atoms. The first-order chi connectivity index (χ1) is 8.34. The molecule has 1 heterocycles. The van der Waals surface area contributed by atoms with Crippen molar-refractivity contribution in [3.8, 4) is 5.75 Å². The molecule has 0 aromatic heterocycles. The van der Waals surface area contributed by atoms with Crippen LogP contribution in [0.2, 0.25) is 0 Å². The molecule has 2 aromatic rings. The van der Waals surface area contributed by atoms with Crippen molar-refractivity contribution in [2.75, 3.05) is 0 Å². The lowest BCUT2D eigenvalue weighted by atomic mass is 10.1. The van der Waals surface area contributed by atoms with Crippen LogP contribution in [0.15, 0.2) is 59.6 Å². The second kappa shape index (κ2) is 3.87. The summed E-state index contributed by atoms with van der Waals surface area (Å²) in [4.78, 5) is 16.1. The minimum atomic E-state index is -0.163.